The second-order valence-electron chi connectivity index (χ2n) is 3.14. The maximum Gasteiger partial charge on any atom is 0.341 e. The summed E-state index contributed by atoms with van der Waals surface area (Å²) >= 11 is 11.7. The number of hydrogen-bond donors (Lipinski definition) is 2. The second-order valence-corrected chi connectivity index (χ2v) is 3.93. The van der Waals surface area contributed by atoms with Gasteiger partial charge < -0.3 is 10.1 Å². The highest BCUT2D eigenvalue weighted by Gasteiger charge is 2.12. The molecule has 2 rings (SSSR count). The first kappa shape index (κ1) is 11.0. The minimum Gasteiger partial charge on any atom is -0.477 e. The highest BCUT2D eigenvalue weighted by molar-refractivity contribution is 6.45. The Hall–Kier alpha value is -1.52. The third kappa shape index (κ3) is 1.66. The summed E-state index contributed by atoms with van der Waals surface area (Å²) < 4.78 is 0. The van der Waals surface area contributed by atoms with Crippen molar-refractivity contribution in [3.63, 3.8) is 0 Å². The molecular formula is C10H5Cl2NO3. The van der Waals surface area contributed by atoms with Crippen LogP contribution in [0.15, 0.2) is 23.0 Å². The number of H-pyrrole nitrogens is 1. The fraction of sp³-hybridized carbons (Fsp3) is 0. The molecule has 0 unspecified atom stereocenters. The number of nitrogens with one attached hydrogen (secondary N) is 1. The third-order valence-electron chi connectivity index (χ3n) is 2.14. The van der Waals surface area contributed by atoms with Gasteiger partial charge in [0.1, 0.15) is 5.56 Å². The van der Waals surface area contributed by atoms with E-state index in [0.29, 0.717) is 15.9 Å². The topological polar surface area (TPSA) is 70.2 Å². The summed E-state index contributed by atoms with van der Waals surface area (Å²) in [7, 11) is 0. The van der Waals surface area contributed by atoms with Gasteiger partial charge in [0.15, 0.2) is 0 Å². The monoisotopic (exact) mass is 257 g/mol. The first-order valence-electron chi connectivity index (χ1n) is 4.25. The zero-order chi connectivity index (χ0) is 11.9. The van der Waals surface area contributed by atoms with E-state index in [1.165, 1.54) is 12.1 Å². The Bertz CT molecular complexity index is 648. The van der Waals surface area contributed by atoms with Crippen molar-refractivity contribution in [1.82, 2.24) is 4.98 Å². The van der Waals surface area contributed by atoms with Crippen LogP contribution >= 0.6 is 23.2 Å². The molecule has 0 fully saturated rings. The molecule has 1 heterocycles. The Morgan fingerprint density at radius 1 is 1.31 bits per heavy atom. The van der Waals surface area contributed by atoms with Crippen LogP contribution in [0.25, 0.3) is 10.9 Å². The standard InChI is InChI=1S/C10H5Cl2NO3/c11-6-2-1-4-3-5(10(15)16)9(14)13-8(4)7(6)12/h1-3H,(H,13,14)(H,15,16). The van der Waals surface area contributed by atoms with Gasteiger partial charge in [-0.2, -0.15) is 0 Å². The molecule has 0 aliphatic rings. The summed E-state index contributed by atoms with van der Waals surface area (Å²) in [5.74, 6) is -1.28. The number of fused-ring (bicyclic) bond motifs is 1. The first-order valence-corrected chi connectivity index (χ1v) is 5.00. The summed E-state index contributed by atoms with van der Waals surface area (Å²) in [5, 5.41) is 9.79. The van der Waals surface area contributed by atoms with Crippen LogP contribution in [0.5, 0.6) is 0 Å². The van der Waals surface area contributed by atoms with E-state index in [2.05, 4.69) is 4.98 Å². The maximum atomic E-state index is 11.4. The van der Waals surface area contributed by atoms with Crippen molar-refractivity contribution in [3.8, 4) is 0 Å². The molecule has 0 radical (unpaired) electrons. The predicted molar refractivity (Wildman–Crippen MR) is 61.5 cm³/mol. The summed E-state index contributed by atoms with van der Waals surface area (Å²) in [5.41, 5.74) is -0.695. The Balaban J connectivity index is 2.89. The lowest BCUT2D eigenvalue weighted by atomic mass is 10.1. The van der Waals surface area contributed by atoms with Crippen LogP contribution in [0.1, 0.15) is 10.4 Å². The number of halogens is 2. The number of aromatic amines is 1. The van der Waals surface area contributed by atoms with Gasteiger partial charge in [0.25, 0.3) is 5.56 Å². The van der Waals surface area contributed by atoms with E-state index >= 15 is 0 Å². The zero-order valence-corrected chi connectivity index (χ0v) is 9.26. The number of carboxylic acid groups (broad SMARTS) is 1. The molecule has 0 saturated heterocycles. The van der Waals surface area contributed by atoms with Gasteiger partial charge in [-0.05, 0) is 12.1 Å². The van der Waals surface area contributed by atoms with Crippen LogP contribution in [0.2, 0.25) is 10.0 Å². The lowest BCUT2D eigenvalue weighted by Gasteiger charge is -2.03. The van der Waals surface area contributed by atoms with E-state index in [-0.39, 0.29) is 10.6 Å². The lowest BCUT2D eigenvalue weighted by molar-refractivity contribution is 0.0695. The molecule has 82 valence electrons. The average molecular weight is 258 g/mol. The average Bonchev–Trinajstić information content (AvgIpc) is 2.23. The van der Waals surface area contributed by atoms with Crippen LogP contribution in [-0.2, 0) is 0 Å². The summed E-state index contributed by atoms with van der Waals surface area (Å²) in [6.45, 7) is 0. The molecule has 4 nitrogen and oxygen atoms in total. The smallest absolute Gasteiger partial charge is 0.341 e. The number of benzene rings is 1. The van der Waals surface area contributed by atoms with Crippen molar-refractivity contribution in [1.29, 1.82) is 0 Å². The molecule has 16 heavy (non-hydrogen) atoms. The highest BCUT2D eigenvalue weighted by atomic mass is 35.5. The summed E-state index contributed by atoms with van der Waals surface area (Å²) in [6, 6.07) is 4.39. The fourth-order valence-electron chi connectivity index (χ4n) is 1.37. The molecular weight excluding hydrogens is 253 g/mol. The first-order chi connectivity index (χ1) is 7.50. The van der Waals surface area contributed by atoms with E-state index < -0.39 is 11.5 Å². The number of rotatable bonds is 1. The zero-order valence-electron chi connectivity index (χ0n) is 7.75. The molecule has 2 aromatic rings. The predicted octanol–water partition coefficient (Wildman–Crippen LogP) is 2.53. The number of hydrogen-bond acceptors (Lipinski definition) is 2. The van der Waals surface area contributed by atoms with Gasteiger partial charge >= 0.3 is 5.97 Å². The quantitative estimate of drug-likeness (QED) is 0.825. The molecule has 0 amide bonds. The Morgan fingerprint density at radius 2 is 2.00 bits per heavy atom. The number of aromatic carboxylic acids is 1. The van der Waals surface area contributed by atoms with Crippen molar-refractivity contribution in [2.45, 2.75) is 0 Å². The van der Waals surface area contributed by atoms with Crippen molar-refractivity contribution >= 4 is 40.1 Å². The molecule has 0 bridgehead atoms. The van der Waals surface area contributed by atoms with Gasteiger partial charge in [-0.1, -0.05) is 29.3 Å². The lowest BCUT2D eigenvalue weighted by Crippen LogP contribution is -2.17. The van der Waals surface area contributed by atoms with E-state index in [4.69, 9.17) is 28.3 Å². The minimum absolute atomic E-state index is 0.202. The number of carboxylic acids is 1. The highest BCUT2D eigenvalue weighted by Crippen LogP contribution is 2.28. The minimum atomic E-state index is -1.28. The molecule has 6 heteroatoms. The van der Waals surface area contributed by atoms with Crippen molar-refractivity contribution < 1.29 is 9.90 Å². The largest absolute Gasteiger partial charge is 0.477 e. The molecule has 0 aliphatic carbocycles. The second kappa shape index (κ2) is 3.81. The van der Waals surface area contributed by atoms with Crippen molar-refractivity contribution in [2.75, 3.05) is 0 Å². The molecule has 0 saturated carbocycles. The maximum absolute atomic E-state index is 11.4. The molecule has 1 aromatic carbocycles. The molecule has 0 spiro atoms. The SMILES string of the molecule is O=C(O)c1cc2ccc(Cl)c(Cl)c2[nH]c1=O. The Morgan fingerprint density at radius 3 is 2.62 bits per heavy atom. The van der Waals surface area contributed by atoms with E-state index in [9.17, 15) is 9.59 Å². The summed E-state index contributed by atoms with van der Waals surface area (Å²) in [4.78, 5) is 24.5. The van der Waals surface area contributed by atoms with Crippen LogP contribution in [0.4, 0.5) is 0 Å². The number of aromatic nitrogens is 1. The Labute approximate surface area is 99.4 Å². The van der Waals surface area contributed by atoms with Crippen LogP contribution in [0.3, 0.4) is 0 Å². The summed E-state index contributed by atoms with van der Waals surface area (Å²) in [6.07, 6.45) is 0. The van der Waals surface area contributed by atoms with Crippen molar-refractivity contribution in [2.24, 2.45) is 0 Å². The van der Waals surface area contributed by atoms with Crippen LogP contribution in [0, 0.1) is 0 Å². The van der Waals surface area contributed by atoms with Gasteiger partial charge in [0.2, 0.25) is 0 Å². The fourth-order valence-corrected chi connectivity index (χ4v) is 1.75. The van der Waals surface area contributed by atoms with E-state index in [1.54, 1.807) is 6.07 Å². The van der Waals surface area contributed by atoms with Crippen LogP contribution in [-0.4, -0.2) is 16.1 Å². The van der Waals surface area contributed by atoms with Crippen LogP contribution < -0.4 is 5.56 Å². The number of pyridine rings is 1. The van der Waals surface area contributed by atoms with Gasteiger partial charge in [-0.15, -0.1) is 0 Å². The molecule has 0 aliphatic heterocycles. The van der Waals surface area contributed by atoms with Gasteiger partial charge in [-0.3, -0.25) is 4.79 Å². The Kier molecular flexibility index (Phi) is 2.61. The number of carbonyl (C=O) groups is 1. The molecule has 0 atom stereocenters. The van der Waals surface area contributed by atoms with Crippen molar-refractivity contribution in [3.05, 3.63) is 44.2 Å². The van der Waals surface area contributed by atoms with Gasteiger partial charge in [-0.25, -0.2) is 4.79 Å². The normalized spacial score (nSPS) is 10.6. The van der Waals surface area contributed by atoms with Gasteiger partial charge in [0.05, 0.1) is 15.6 Å². The third-order valence-corrected chi connectivity index (χ3v) is 2.94. The van der Waals surface area contributed by atoms with Gasteiger partial charge in [0, 0.05) is 5.39 Å². The molecule has 1 aromatic heterocycles. The van der Waals surface area contributed by atoms with E-state index in [0.717, 1.165) is 0 Å². The van der Waals surface area contributed by atoms with E-state index in [1.807, 2.05) is 0 Å². The molecule has 2 N–H and O–H groups in total.